The Labute approximate surface area is 175 Å². The summed E-state index contributed by atoms with van der Waals surface area (Å²) < 4.78 is 48.2. The Balaban J connectivity index is 2.00. The molecule has 2 unspecified atom stereocenters. The molecule has 0 spiro atoms. The third kappa shape index (κ3) is 5.50. The number of benzene rings is 2. The third-order valence-corrected chi connectivity index (χ3v) is 6.06. The van der Waals surface area contributed by atoms with Gasteiger partial charge >= 0.3 is 0 Å². The molecule has 0 saturated carbocycles. The van der Waals surface area contributed by atoms with Crippen LogP contribution in [0.3, 0.4) is 0 Å². The van der Waals surface area contributed by atoms with Crippen molar-refractivity contribution in [3.63, 3.8) is 0 Å². The van der Waals surface area contributed by atoms with Crippen LogP contribution in [0, 0.1) is 11.6 Å². The number of nitrogens with zero attached hydrogens (tertiary/aromatic N) is 1. The molecule has 1 N–H and O–H groups in total. The van der Waals surface area contributed by atoms with Crippen molar-refractivity contribution < 1.29 is 17.4 Å². The van der Waals surface area contributed by atoms with Gasteiger partial charge in [-0.3, -0.25) is 0 Å². The Hall–Kier alpha value is -2.09. The Morgan fingerprint density at radius 2 is 1.76 bits per heavy atom. The molecule has 0 fully saturated rings. The summed E-state index contributed by atoms with van der Waals surface area (Å²) in [5.74, 6) is -0.871. The lowest BCUT2D eigenvalue weighted by Gasteiger charge is -2.24. The van der Waals surface area contributed by atoms with Gasteiger partial charge in [-0.15, -0.1) is 0 Å². The van der Waals surface area contributed by atoms with E-state index < -0.39 is 33.4 Å². The molecule has 0 aliphatic rings. The van der Waals surface area contributed by atoms with Crippen LogP contribution in [0.5, 0.6) is 0 Å². The fourth-order valence-corrected chi connectivity index (χ4v) is 3.72. The van der Waals surface area contributed by atoms with Crippen molar-refractivity contribution in [3.8, 4) is 11.3 Å². The first kappa shape index (κ1) is 21.6. The molecule has 0 radical (unpaired) electrons. The van der Waals surface area contributed by atoms with E-state index in [-0.39, 0.29) is 6.42 Å². The highest BCUT2D eigenvalue weighted by Gasteiger charge is 2.28. The predicted octanol–water partition coefficient (Wildman–Crippen LogP) is 5.61. The standard InChI is InChI=1S/C21H21ClF2N2O2S/c1-21(2,3)29(27)26-18(10-13-8-16(23)11-17(24)9-13)19-20(28-12-25-19)14-4-6-15(22)7-5-14/h4-9,11-12,18,26H,10H2,1-3H3. The quantitative estimate of drug-likeness (QED) is 0.544. The summed E-state index contributed by atoms with van der Waals surface area (Å²) in [5, 5.41) is 0.577. The largest absolute Gasteiger partial charge is 0.443 e. The van der Waals surface area contributed by atoms with Crippen LogP contribution in [0.4, 0.5) is 8.78 Å². The van der Waals surface area contributed by atoms with Crippen molar-refractivity contribution in [1.82, 2.24) is 9.71 Å². The molecule has 2 atom stereocenters. The molecular weight excluding hydrogens is 418 g/mol. The van der Waals surface area contributed by atoms with Crippen LogP contribution in [0.2, 0.25) is 5.02 Å². The summed E-state index contributed by atoms with van der Waals surface area (Å²) in [6.07, 6.45) is 1.46. The Morgan fingerprint density at radius 1 is 1.14 bits per heavy atom. The van der Waals surface area contributed by atoms with Gasteiger partial charge in [0.25, 0.3) is 0 Å². The third-order valence-electron chi connectivity index (χ3n) is 4.20. The second kappa shape index (κ2) is 8.73. The molecule has 0 aliphatic heterocycles. The zero-order valence-electron chi connectivity index (χ0n) is 16.2. The van der Waals surface area contributed by atoms with E-state index in [1.807, 2.05) is 20.8 Å². The maximum absolute atomic E-state index is 13.7. The lowest BCUT2D eigenvalue weighted by molar-refractivity contribution is 0.558. The smallest absolute Gasteiger partial charge is 0.181 e. The second-order valence-electron chi connectivity index (χ2n) is 7.61. The number of aromatic nitrogens is 1. The molecule has 0 amide bonds. The van der Waals surface area contributed by atoms with Crippen molar-refractivity contribution >= 4 is 22.6 Å². The highest BCUT2D eigenvalue weighted by atomic mass is 35.5. The molecule has 3 aromatic rings. The van der Waals surface area contributed by atoms with E-state index >= 15 is 0 Å². The summed E-state index contributed by atoms with van der Waals surface area (Å²) in [5.41, 5.74) is 1.64. The van der Waals surface area contributed by atoms with E-state index in [2.05, 4.69) is 9.71 Å². The van der Waals surface area contributed by atoms with E-state index in [9.17, 15) is 13.0 Å². The molecule has 8 heteroatoms. The van der Waals surface area contributed by atoms with Crippen LogP contribution in [0.1, 0.15) is 38.1 Å². The zero-order valence-corrected chi connectivity index (χ0v) is 17.8. The Bertz CT molecular complexity index is 996. The van der Waals surface area contributed by atoms with Gasteiger partial charge in [-0.05, 0) is 69.2 Å². The van der Waals surface area contributed by atoms with Crippen LogP contribution in [0.15, 0.2) is 53.3 Å². The summed E-state index contributed by atoms with van der Waals surface area (Å²) in [7, 11) is -1.44. The minimum absolute atomic E-state index is 0.170. The number of halogens is 3. The summed E-state index contributed by atoms with van der Waals surface area (Å²) >= 11 is 5.96. The molecule has 1 aromatic heterocycles. The van der Waals surface area contributed by atoms with Crippen molar-refractivity contribution in [2.45, 2.75) is 38.0 Å². The van der Waals surface area contributed by atoms with Gasteiger partial charge in [0.2, 0.25) is 0 Å². The number of hydrogen-bond acceptors (Lipinski definition) is 3. The minimum atomic E-state index is -1.44. The molecule has 0 bridgehead atoms. The van der Waals surface area contributed by atoms with Gasteiger partial charge in [-0.1, -0.05) is 11.6 Å². The van der Waals surface area contributed by atoms with E-state index in [1.54, 1.807) is 24.3 Å². The molecular formula is C21H21ClF2N2O2S. The first-order valence-electron chi connectivity index (χ1n) is 8.96. The molecule has 4 nitrogen and oxygen atoms in total. The fourth-order valence-electron chi connectivity index (χ4n) is 2.78. The van der Waals surface area contributed by atoms with Crippen LogP contribution in [-0.4, -0.2) is 13.9 Å². The van der Waals surface area contributed by atoms with Crippen molar-refractivity contribution in [1.29, 1.82) is 0 Å². The Morgan fingerprint density at radius 3 is 2.34 bits per heavy atom. The van der Waals surface area contributed by atoms with E-state index in [4.69, 9.17) is 16.0 Å². The maximum atomic E-state index is 13.7. The molecule has 0 aliphatic carbocycles. The number of nitrogens with one attached hydrogen (secondary N) is 1. The average molecular weight is 439 g/mol. The fraction of sp³-hybridized carbons (Fsp3) is 0.286. The molecule has 2 aromatic carbocycles. The molecule has 154 valence electrons. The zero-order chi connectivity index (χ0) is 21.2. The molecule has 29 heavy (non-hydrogen) atoms. The second-order valence-corrected chi connectivity index (χ2v) is 10.0. The Kier molecular flexibility index (Phi) is 6.51. The summed E-state index contributed by atoms with van der Waals surface area (Å²) in [6, 6.07) is 9.73. The highest BCUT2D eigenvalue weighted by Crippen LogP contribution is 2.31. The average Bonchev–Trinajstić information content (AvgIpc) is 3.09. The van der Waals surface area contributed by atoms with Gasteiger partial charge in [-0.2, -0.15) is 0 Å². The molecule has 1 heterocycles. The van der Waals surface area contributed by atoms with Crippen molar-refractivity contribution in [2.75, 3.05) is 0 Å². The first-order valence-corrected chi connectivity index (χ1v) is 10.5. The van der Waals surface area contributed by atoms with Gasteiger partial charge < -0.3 is 4.42 Å². The van der Waals surface area contributed by atoms with Gasteiger partial charge in [0, 0.05) is 16.7 Å². The lowest BCUT2D eigenvalue weighted by Crippen LogP contribution is -2.36. The number of hydrogen-bond donors (Lipinski definition) is 1. The van der Waals surface area contributed by atoms with Gasteiger partial charge in [0.05, 0.1) is 21.8 Å². The van der Waals surface area contributed by atoms with E-state index in [1.165, 1.54) is 18.5 Å². The van der Waals surface area contributed by atoms with E-state index in [0.717, 1.165) is 11.6 Å². The normalized spacial score (nSPS) is 14.0. The van der Waals surface area contributed by atoms with Crippen molar-refractivity contribution in [3.05, 3.63) is 76.8 Å². The highest BCUT2D eigenvalue weighted by molar-refractivity contribution is 7.84. The number of oxazole rings is 1. The lowest BCUT2D eigenvalue weighted by atomic mass is 10.0. The predicted molar refractivity (Wildman–Crippen MR) is 111 cm³/mol. The SMILES string of the molecule is CC(C)(C)S(=O)NC(Cc1cc(F)cc(F)c1)c1ncoc1-c1ccc(Cl)cc1. The van der Waals surface area contributed by atoms with Crippen LogP contribution >= 0.6 is 11.6 Å². The minimum Gasteiger partial charge on any atom is -0.443 e. The van der Waals surface area contributed by atoms with Gasteiger partial charge in [-0.25, -0.2) is 22.7 Å². The molecule has 3 rings (SSSR count). The first-order chi connectivity index (χ1) is 13.6. The molecule has 0 saturated heterocycles. The van der Waals surface area contributed by atoms with Gasteiger partial charge in [0.1, 0.15) is 17.3 Å². The van der Waals surface area contributed by atoms with Crippen LogP contribution < -0.4 is 4.72 Å². The summed E-state index contributed by atoms with van der Waals surface area (Å²) in [6.45, 7) is 5.49. The van der Waals surface area contributed by atoms with Crippen molar-refractivity contribution in [2.24, 2.45) is 0 Å². The summed E-state index contributed by atoms with van der Waals surface area (Å²) in [4.78, 5) is 4.31. The van der Waals surface area contributed by atoms with Crippen LogP contribution in [0.25, 0.3) is 11.3 Å². The van der Waals surface area contributed by atoms with Gasteiger partial charge in [0.15, 0.2) is 12.2 Å². The number of rotatable bonds is 6. The monoisotopic (exact) mass is 438 g/mol. The van der Waals surface area contributed by atoms with Crippen LogP contribution in [-0.2, 0) is 17.4 Å². The van der Waals surface area contributed by atoms with E-state index in [0.29, 0.717) is 22.0 Å². The maximum Gasteiger partial charge on any atom is 0.181 e. The topological polar surface area (TPSA) is 55.1 Å².